The number of hydrazine groups is 1. The number of benzene rings is 1. The Hall–Kier alpha value is -1.59. The Morgan fingerprint density at radius 2 is 1.94 bits per heavy atom. The number of nitrogens with one attached hydrogen (secondary N) is 1. The summed E-state index contributed by atoms with van der Waals surface area (Å²) in [5, 5.41) is 1.95. The summed E-state index contributed by atoms with van der Waals surface area (Å²) < 4.78 is 0. The van der Waals surface area contributed by atoms with Crippen LogP contribution in [0.25, 0.3) is 0 Å². The number of anilines is 1. The second-order valence-corrected chi connectivity index (χ2v) is 4.77. The van der Waals surface area contributed by atoms with Gasteiger partial charge in [0.05, 0.1) is 5.56 Å². The highest BCUT2D eigenvalue weighted by atomic mass is 16.2. The third-order valence-electron chi connectivity index (χ3n) is 3.30. The van der Waals surface area contributed by atoms with Gasteiger partial charge in [0.1, 0.15) is 0 Å². The summed E-state index contributed by atoms with van der Waals surface area (Å²) in [5.74, 6) is -0.116. The molecule has 2 rings (SSSR count). The fraction of sp³-hybridized carbons (Fsp3) is 0.462. The van der Waals surface area contributed by atoms with Gasteiger partial charge in [-0.15, -0.1) is 0 Å². The zero-order valence-corrected chi connectivity index (χ0v) is 10.9. The van der Waals surface area contributed by atoms with Crippen molar-refractivity contribution in [1.29, 1.82) is 0 Å². The lowest BCUT2D eigenvalue weighted by Gasteiger charge is -2.32. The number of nitrogen functional groups attached to an aromatic ring is 1. The molecular weight excluding hydrogens is 228 g/mol. The van der Waals surface area contributed by atoms with Gasteiger partial charge >= 0.3 is 0 Å². The highest BCUT2D eigenvalue weighted by molar-refractivity contribution is 6.00. The molecule has 1 heterocycles. The maximum atomic E-state index is 12.2. The minimum atomic E-state index is -0.116. The Labute approximate surface area is 108 Å². The van der Waals surface area contributed by atoms with E-state index >= 15 is 0 Å². The first kappa shape index (κ1) is 12.9. The minimum absolute atomic E-state index is 0.116. The minimum Gasteiger partial charge on any atom is -0.398 e. The van der Waals surface area contributed by atoms with Crippen molar-refractivity contribution in [2.24, 2.45) is 0 Å². The number of hydrogen-bond donors (Lipinski definition) is 2. The van der Waals surface area contributed by atoms with Gasteiger partial charge in [-0.1, -0.05) is 12.1 Å². The SMILES string of the molecule is Cc1cccc(N)c1C(=O)NN1CCN(C)CC1. The van der Waals surface area contributed by atoms with E-state index in [9.17, 15) is 4.79 Å². The molecule has 98 valence electrons. The number of carbonyl (C=O) groups excluding carboxylic acids is 1. The first-order chi connectivity index (χ1) is 8.58. The van der Waals surface area contributed by atoms with Gasteiger partial charge in [0.25, 0.3) is 5.91 Å². The molecule has 1 fully saturated rings. The Bertz CT molecular complexity index is 418. The van der Waals surface area contributed by atoms with Crippen molar-refractivity contribution in [2.75, 3.05) is 39.0 Å². The smallest absolute Gasteiger partial charge is 0.267 e. The molecule has 1 aliphatic rings. The molecule has 1 amide bonds. The van der Waals surface area contributed by atoms with E-state index in [1.807, 2.05) is 24.1 Å². The van der Waals surface area contributed by atoms with Gasteiger partial charge in [0.15, 0.2) is 0 Å². The van der Waals surface area contributed by atoms with Crippen LogP contribution in [0, 0.1) is 6.92 Å². The molecule has 5 heteroatoms. The third kappa shape index (κ3) is 2.80. The van der Waals surface area contributed by atoms with Gasteiger partial charge in [-0.2, -0.15) is 0 Å². The molecule has 0 aromatic heterocycles. The van der Waals surface area contributed by atoms with Crippen molar-refractivity contribution in [3.05, 3.63) is 29.3 Å². The van der Waals surface area contributed by atoms with E-state index < -0.39 is 0 Å². The van der Waals surface area contributed by atoms with Gasteiger partial charge < -0.3 is 10.6 Å². The molecule has 1 aromatic carbocycles. The van der Waals surface area contributed by atoms with Crippen LogP contribution >= 0.6 is 0 Å². The predicted octanol–water partition coefficient (Wildman–Crippen LogP) is 0.469. The van der Waals surface area contributed by atoms with E-state index in [0.29, 0.717) is 11.3 Å². The topological polar surface area (TPSA) is 61.6 Å². The average molecular weight is 248 g/mol. The molecule has 0 spiro atoms. The number of carbonyl (C=O) groups is 1. The van der Waals surface area contributed by atoms with Crippen molar-refractivity contribution in [2.45, 2.75) is 6.92 Å². The monoisotopic (exact) mass is 248 g/mol. The Morgan fingerprint density at radius 1 is 1.28 bits per heavy atom. The molecule has 1 aromatic rings. The number of hydrogen-bond acceptors (Lipinski definition) is 4. The van der Waals surface area contributed by atoms with Crippen LogP contribution < -0.4 is 11.2 Å². The highest BCUT2D eigenvalue weighted by Gasteiger charge is 2.18. The first-order valence-electron chi connectivity index (χ1n) is 6.17. The van der Waals surface area contributed by atoms with Crippen molar-refractivity contribution in [3.8, 4) is 0 Å². The van der Waals surface area contributed by atoms with Crippen molar-refractivity contribution < 1.29 is 4.79 Å². The molecule has 0 unspecified atom stereocenters. The van der Waals surface area contributed by atoms with Crippen LogP contribution in [-0.4, -0.2) is 49.0 Å². The quantitative estimate of drug-likeness (QED) is 0.747. The van der Waals surface area contributed by atoms with Gasteiger partial charge in [0, 0.05) is 31.9 Å². The molecule has 5 nitrogen and oxygen atoms in total. The Morgan fingerprint density at radius 3 is 2.56 bits per heavy atom. The number of piperazine rings is 1. The van der Waals surface area contributed by atoms with Crippen LogP contribution in [0.5, 0.6) is 0 Å². The number of nitrogens with zero attached hydrogens (tertiary/aromatic N) is 2. The summed E-state index contributed by atoms with van der Waals surface area (Å²) in [7, 11) is 2.08. The summed E-state index contributed by atoms with van der Waals surface area (Å²) in [4.78, 5) is 14.4. The van der Waals surface area contributed by atoms with Crippen molar-refractivity contribution in [3.63, 3.8) is 0 Å². The molecular formula is C13H20N4O. The Balaban J connectivity index is 2.04. The van der Waals surface area contributed by atoms with Crippen molar-refractivity contribution in [1.82, 2.24) is 15.3 Å². The van der Waals surface area contributed by atoms with Crippen LogP contribution in [-0.2, 0) is 0 Å². The number of rotatable bonds is 2. The number of amides is 1. The van der Waals surface area contributed by atoms with E-state index in [2.05, 4.69) is 17.4 Å². The highest BCUT2D eigenvalue weighted by Crippen LogP contribution is 2.16. The summed E-state index contributed by atoms with van der Waals surface area (Å²) in [6, 6.07) is 5.51. The third-order valence-corrected chi connectivity index (χ3v) is 3.30. The maximum absolute atomic E-state index is 12.2. The standard InChI is InChI=1S/C13H20N4O/c1-10-4-3-5-11(14)12(10)13(18)15-17-8-6-16(2)7-9-17/h3-5H,6-9,14H2,1-2H3,(H,15,18). The molecule has 0 aliphatic carbocycles. The first-order valence-corrected chi connectivity index (χ1v) is 6.17. The van der Waals surface area contributed by atoms with E-state index in [1.165, 1.54) is 0 Å². The van der Waals surface area contributed by atoms with E-state index in [1.54, 1.807) is 6.07 Å². The van der Waals surface area contributed by atoms with Gasteiger partial charge in [-0.25, -0.2) is 5.01 Å². The lowest BCUT2D eigenvalue weighted by Crippen LogP contribution is -2.52. The largest absolute Gasteiger partial charge is 0.398 e. The molecule has 0 radical (unpaired) electrons. The van der Waals surface area contributed by atoms with Crippen LogP contribution in [0.1, 0.15) is 15.9 Å². The summed E-state index contributed by atoms with van der Waals surface area (Å²) in [5.41, 5.74) is 10.8. The average Bonchev–Trinajstić information content (AvgIpc) is 2.32. The molecule has 18 heavy (non-hydrogen) atoms. The summed E-state index contributed by atoms with van der Waals surface area (Å²) in [6.45, 7) is 5.50. The second kappa shape index (κ2) is 5.37. The normalized spacial score (nSPS) is 17.7. The Kier molecular flexibility index (Phi) is 3.84. The van der Waals surface area contributed by atoms with E-state index in [-0.39, 0.29) is 5.91 Å². The molecule has 0 atom stereocenters. The van der Waals surface area contributed by atoms with Crippen LogP contribution in [0.2, 0.25) is 0 Å². The van der Waals surface area contributed by atoms with E-state index in [4.69, 9.17) is 5.73 Å². The number of nitrogens with two attached hydrogens (primary N) is 1. The fourth-order valence-electron chi connectivity index (χ4n) is 2.12. The molecule has 0 bridgehead atoms. The zero-order valence-electron chi connectivity index (χ0n) is 10.9. The van der Waals surface area contributed by atoms with Gasteiger partial charge in [0.2, 0.25) is 0 Å². The summed E-state index contributed by atoms with van der Waals surface area (Å²) in [6.07, 6.45) is 0. The van der Waals surface area contributed by atoms with Gasteiger partial charge in [-0.05, 0) is 25.6 Å². The molecule has 1 saturated heterocycles. The number of aryl methyl sites for hydroxylation is 1. The predicted molar refractivity (Wildman–Crippen MR) is 72.1 cm³/mol. The molecule has 0 saturated carbocycles. The molecule has 1 aliphatic heterocycles. The van der Waals surface area contributed by atoms with Crippen molar-refractivity contribution >= 4 is 11.6 Å². The van der Waals surface area contributed by atoms with Gasteiger partial charge in [-0.3, -0.25) is 10.2 Å². The lowest BCUT2D eigenvalue weighted by atomic mass is 10.1. The second-order valence-electron chi connectivity index (χ2n) is 4.77. The van der Waals surface area contributed by atoms with Crippen LogP contribution in [0.15, 0.2) is 18.2 Å². The number of likely N-dealkylation sites (N-methyl/N-ethyl adjacent to an activating group) is 1. The van der Waals surface area contributed by atoms with Crippen LogP contribution in [0.3, 0.4) is 0 Å². The maximum Gasteiger partial charge on any atom is 0.267 e. The molecule has 3 N–H and O–H groups in total. The van der Waals surface area contributed by atoms with E-state index in [0.717, 1.165) is 31.7 Å². The lowest BCUT2D eigenvalue weighted by molar-refractivity contribution is 0.0663. The van der Waals surface area contributed by atoms with Crippen LogP contribution in [0.4, 0.5) is 5.69 Å². The fourth-order valence-corrected chi connectivity index (χ4v) is 2.12. The zero-order chi connectivity index (χ0) is 13.1. The summed E-state index contributed by atoms with van der Waals surface area (Å²) >= 11 is 0.